The van der Waals surface area contributed by atoms with Gasteiger partial charge in [-0.1, -0.05) is 13.8 Å². The average molecular weight is 298 g/mol. The summed E-state index contributed by atoms with van der Waals surface area (Å²) in [4.78, 5) is 6.79. The van der Waals surface area contributed by atoms with Crippen LogP contribution in [0.1, 0.15) is 40.5 Å². The molecule has 21 heavy (non-hydrogen) atoms. The average Bonchev–Trinajstić information content (AvgIpc) is 2.47. The molecule has 1 heterocycles. The highest BCUT2D eigenvalue weighted by Crippen LogP contribution is 2.14. The third kappa shape index (κ3) is 7.14. The topological polar surface area (TPSA) is 48.9 Å². The maximum atomic E-state index is 5.43. The predicted molar refractivity (Wildman–Crippen MR) is 89.9 cm³/mol. The van der Waals surface area contributed by atoms with E-state index in [9.17, 15) is 0 Å². The van der Waals surface area contributed by atoms with E-state index in [1.54, 1.807) is 0 Å². The first-order valence-corrected chi connectivity index (χ1v) is 8.23. The van der Waals surface area contributed by atoms with Gasteiger partial charge in [-0.2, -0.15) is 0 Å². The van der Waals surface area contributed by atoms with Crippen LogP contribution >= 0.6 is 0 Å². The Balaban J connectivity index is 2.29. The summed E-state index contributed by atoms with van der Waals surface area (Å²) in [5.74, 6) is 1.67. The number of aliphatic imine (C=N–C) groups is 1. The fourth-order valence-electron chi connectivity index (χ4n) is 2.52. The molecule has 1 saturated heterocycles. The number of nitrogens with one attached hydrogen (secondary N) is 2. The van der Waals surface area contributed by atoms with E-state index in [4.69, 9.17) is 4.74 Å². The van der Waals surface area contributed by atoms with Crippen LogP contribution < -0.4 is 10.6 Å². The number of guanidine groups is 1. The molecule has 2 N–H and O–H groups in total. The van der Waals surface area contributed by atoms with E-state index in [1.807, 2.05) is 7.05 Å². The summed E-state index contributed by atoms with van der Waals surface area (Å²) in [5.41, 5.74) is 0.110. The van der Waals surface area contributed by atoms with Crippen molar-refractivity contribution in [3.8, 4) is 0 Å². The quantitative estimate of drug-likeness (QED) is 0.427. The highest BCUT2D eigenvalue weighted by atomic mass is 16.5. The van der Waals surface area contributed by atoms with Crippen molar-refractivity contribution in [1.82, 2.24) is 15.5 Å². The van der Waals surface area contributed by atoms with E-state index < -0.39 is 0 Å². The van der Waals surface area contributed by atoms with Gasteiger partial charge in [-0.25, -0.2) is 0 Å². The molecule has 0 amide bonds. The first-order valence-electron chi connectivity index (χ1n) is 8.23. The largest absolute Gasteiger partial charge is 0.379 e. The van der Waals surface area contributed by atoms with Crippen LogP contribution in [-0.4, -0.2) is 62.8 Å². The Bertz CT molecular complexity index is 309. The third-order valence-corrected chi connectivity index (χ3v) is 4.03. The van der Waals surface area contributed by atoms with Crippen molar-refractivity contribution >= 4 is 5.96 Å². The van der Waals surface area contributed by atoms with E-state index in [0.717, 1.165) is 51.3 Å². The maximum absolute atomic E-state index is 5.43. The number of hydrogen-bond acceptors (Lipinski definition) is 3. The summed E-state index contributed by atoms with van der Waals surface area (Å²) in [6.45, 7) is 14.6. The molecule has 1 fully saturated rings. The molecule has 0 aromatic rings. The monoisotopic (exact) mass is 298 g/mol. The molecule has 5 heteroatoms. The Morgan fingerprint density at radius 3 is 2.48 bits per heavy atom. The molecule has 1 rings (SSSR count). The van der Waals surface area contributed by atoms with Gasteiger partial charge in [-0.15, -0.1) is 0 Å². The van der Waals surface area contributed by atoms with E-state index >= 15 is 0 Å². The second-order valence-electron chi connectivity index (χ2n) is 6.80. The van der Waals surface area contributed by atoms with E-state index in [-0.39, 0.29) is 5.54 Å². The minimum absolute atomic E-state index is 0.110. The van der Waals surface area contributed by atoms with Crippen LogP contribution in [0.2, 0.25) is 0 Å². The fourth-order valence-corrected chi connectivity index (χ4v) is 2.52. The van der Waals surface area contributed by atoms with Gasteiger partial charge in [-0.3, -0.25) is 9.89 Å². The molecule has 0 aliphatic carbocycles. The smallest absolute Gasteiger partial charge is 0.191 e. The normalized spacial score (nSPS) is 18.1. The van der Waals surface area contributed by atoms with Crippen molar-refractivity contribution in [2.24, 2.45) is 10.9 Å². The van der Waals surface area contributed by atoms with Crippen LogP contribution in [0.4, 0.5) is 0 Å². The summed E-state index contributed by atoms with van der Waals surface area (Å²) in [6.07, 6.45) is 2.44. The second kappa shape index (κ2) is 9.26. The van der Waals surface area contributed by atoms with Gasteiger partial charge in [0.1, 0.15) is 0 Å². The molecule has 0 saturated carbocycles. The molecule has 1 aliphatic rings. The van der Waals surface area contributed by atoms with Gasteiger partial charge in [-0.05, 0) is 32.6 Å². The summed E-state index contributed by atoms with van der Waals surface area (Å²) >= 11 is 0. The Hall–Kier alpha value is -0.810. The lowest BCUT2D eigenvalue weighted by molar-refractivity contribution is -0.00833. The zero-order valence-electron chi connectivity index (χ0n) is 14.5. The molecule has 0 radical (unpaired) electrons. The molecular weight excluding hydrogens is 264 g/mol. The highest BCUT2D eigenvalue weighted by Gasteiger charge is 2.28. The maximum Gasteiger partial charge on any atom is 0.191 e. The molecule has 0 spiro atoms. The van der Waals surface area contributed by atoms with Gasteiger partial charge in [0.15, 0.2) is 5.96 Å². The Morgan fingerprint density at radius 1 is 1.24 bits per heavy atom. The lowest BCUT2D eigenvalue weighted by Crippen LogP contribution is -2.56. The fraction of sp³-hybridized carbons (Fsp3) is 0.938. The SMILES string of the molecule is CN=C(NCCCC(C)C)NCC(C)(C)N1CCOCC1. The Morgan fingerprint density at radius 2 is 1.90 bits per heavy atom. The van der Waals surface area contributed by atoms with Crippen LogP contribution in [0, 0.1) is 5.92 Å². The summed E-state index contributed by atoms with van der Waals surface area (Å²) < 4.78 is 5.43. The van der Waals surface area contributed by atoms with Crippen molar-refractivity contribution < 1.29 is 4.74 Å². The summed E-state index contributed by atoms with van der Waals surface area (Å²) in [7, 11) is 1.83. The van der Waals surface area contributed by atoms with E-state index in [1.165, 1.54) is 12.8 Å². The number of nitrogens with zero attached hydrogens (tertiary/aromatic N) is 2. The van der Waals surface area contributed by atoms with Crippen molar-refractivity contribution in [2.75, 3.05) is 46.4 Å². The van der Waals surface area contributed by atoms with Crippen LogP contribution in [0.25, 0.3) is 0 Å². The third-order valence-electron chi connectivity index (χ3n) is 4.03. The number of hydrogen-bond donors (Lipinski definition) is 2. The first kappa shape index (κ1) is 18.2. The predicted octanol–water partition coefficient (Wildman–Crippen LogP) is 1.70. The first-order chi connectivity index (χ1) is 9.95. The number of morpholine rings is 1. The Kier molecular flexibility index (Phi) is 8.04. The minimum Gasteiger partial charge on any atom is -0.379 e. The van der Waals surface area contributed by atoms with Gasteiger partial charge in [0.2, 0.25) is 0 Å². The summed E-state index contributed by atoms with van der Waals surface area (Å²) in [6, 6.07) is 0. The summed E-state index contributed by atoms with van der Waals surface area (Å²) in [5, 5.41) is 6.85. The molecular formula is C16H34N4O. The molecule has 0 atom stereocenters. The van der Waals surface area contributed by atoms with Crippen LogP contribution in [0.15, 0.2) is 4.99 Å². The Labute approximate surface area is 130 Å². The number of rotatable bonds is 7. The zero-order valence-corrected chi connectivity index (χ0v) is 14.5. The molecule has 124 valence electrons. The van der Waals surface area contributed by atoms with Gasteiger partial charge >= 0.3 is 0 Å². The van der Waals surface area contributed by atoms with Crippen molar-refractivity contribution in [2.45, 2.75) is 46.1 Å². The van der Waals surface area contributed by atoms with Crippen molar-refractivity contribution in [1.29, 1.82) is 0 Å². The van der Waals surface area contributed by atoms with Crippen molar-refractivity contribution in [3.63, 3.8) is 0 Å². The van der Waals surface area contributed by atoms with Crippen LogP contribution in [0.3, 0.4) is 0 Å². The van der Waals surface area contributed by atoms with E-state index in [0.29, 0.717) is 0 Å². The molecule has 0 bridgehead atoms. The molecule has 1 aliphatic heterocycles. The molecule has 0 aromatic carbocycles. The standard InChI is InChI=1S/C16H34N4O/c1-14(2)7-6-8-18-15(17-5)19-13-16(3,4)20-9-11-21-12-10-20/h14H,6-13H2,1-5H3,(H2,17,18,19). The van der Waals surface area contributed by atoms with Crippen molar-refractivity contribution in [3.05, 3.63) is 0 Å². The highest BCUT2D eigenvalue weighted by molar-refractivity contribution is 5.79. The minimum atomic E-state index is 0.110. The molecule has 5 nitrogen and oxygen atoms in total. The number of ether oxygens (including phenoxy) is 1. The molecule has 0 unspecified atom stereocenters. The molecule has 0 aromatic heterocycles. The van der Waals surface area contributed by atoms with Gasteiger partial charge < -0.3 is 15.4 Å². The lowest BCUT2D eigenvalue weighted by Gasteiger charge is -2.41. The van der Waals surface area contributed by atoms with Gasteiger partial charge in [0, 0.05) is 38.8 Å². The van der Waals surface area contributed by atoms with Crippen LogP contribution in [-0.2, 0) is 4.74 Å². The van der Waals surface area contributed by atoms with Crippen LogP contribution in [0.5, 0.6) is 0 Å². The van der Waals surface area contributed by atoms with Gasteiger partial charge in [0.05, 0.1) is 13.2 Å². The lowest BCUT2D eigenvalue weighted by atomic mass is 10.0. The second-order valence-corrected chi connectivity index (χ2v) is 6.80. The van der Waals surface area contributed by atoms with E-state index in [2.05, 4.69) is 48.2 Å². The zero-order chi connectivity index (χ0) is 15.7. The van der Waals surface area contributed by atoms with Gasteiger partial charge in [0.25, 0.3) is 0 Å².